The van der Waals surface area contributed by atoms with E-state index in [2.05, 4.69) is 5.10 Å². The molecule has 0 aromatic carbocycles. The highest BCUT2D eigenvalue weighted by molar-refractivity contribution is 5.68. The van der Waals surface area contributed by atoms with Gasteiger partial charge in [0.1, 0.15) is 6.23 Å². The highest BCUT2D eigenvalue weighted by Crippen LogP contribution is 2.23. The Morgan fingerprint density at radius 1 is 1.69 bits per heavy atom. The van der Waals surface area contributed by atoms with E-state index in [0.29, 0.717) is 5.75 Å². The second-order valence-electron chi connectivity index (χ2n) is 3.66. The third kappa shape index (κ3) is 2.73. The summed E-state index contributed by atoms with van der Waals surface area (Å²) in [6, 6.07) is 0. The van der Waals surface area contributed by atoms with E-state index in [-0.39, 0.29) is 12.8 Å². The van der Waals surface area contributed by atoms with Crippen molar-refractivity contribution in [3.05, 3.63) is 12.4 Å². The van der Waals surface area contributed by atoms with E-state index in [1.165, 1.54) is 6.20 Å². The molecule has 2 heterocycles. The minimum absolute atomic E-state index is 0.0454. The lowest BCUT2D eigenvalue weighted by Crippen LogP contribution is -2.18. The molecule has 1 aliphatic heterocycles. The zero-order chi connectivity index (χ0) is 11.4. The van der Waals surface area contributed by atoms with Gasteiger partial charge in [0.2, 0.25) is 0 Å². The molecule has 0 aliphatic carbocycles. The summed E-state index contributed by atoms with van der Waals surface area (Å²) in [5.41, 5.74) is 0. The number of hydrogen-bond acceptors (Lipinski definition) is 4. The predicted octanol–water partition coefficient (Wildman–Crippen LogP) is 1.05. The summed E-state index contributed by atoms with van der Waals surface area (Å²) in [5, 5.41) is 12.5. The molecule has 0 amide bonds. The molecule has 0 spiro atoms. The van der Waals surface area contributed by atoms with Crippen molar-refractivity contribution < 1.29 is 19.4 Å². The summed E-state index contributed by atoms with van der Waals surface area (Å²) < 4.78 is 12.2. The molecular weight excluding hydrogens is 212 g/mol. The van der Waals surface area contributed by atoms with Crippen LogP contribution in [-0.4, -0.2) is 34.1 Å². The fourth-order valence-corrected chi connectivity index (χ4v) is 1.63. The van der Waals surface area contributed by atoms with Crippen LogP contribution in [0.15, 0.2) is 12.4 Å². The Bertz CT molecular complexity index is 357. The highest BCUT2D eigenvalue weighted by Gasteiger charge is 2.16. The van der Waals surface area contributed by atoms with E-state index < -0.39 is 5.97 Å². The molecule has 0 bridgehead atoms. The molecule has 1 N–H and O–H groups in total. The number of carboxylic acid groups (broad SMARTS) is 1. The number of aliphatic carboxylic acids is 1. The summed E-state index contributed by atoms with van der Waals surface area (Å²) in [6.45, 7) is 0.396. The van der Waals surface area contributed by atoms with E-state index in [0.717, 1.165) is 25.9 Å². The van der Waals surface area contributed by atoms with Gasteiger partial charge in [-0.2, -0.15) is 5.10 Å². The van der Waals surface area contributed by atoms with Crippen molar-refractivity contribution in [2.24, 2.45) is 0 Å². The van der Waals surface area contributed by atoms with Gasteiger partial charge in [-0.05, 0) is 19.3 Å². The number of carboxylic acids is 1. The van der Waals surface area contributed by atoms with Crippen LogP contribution in [0.3, 0.4) is 0 Å². The van der Waals surface area contributed by atoms with Gasteiger partial charge in [0, 0.05) is 6.61 Å². The molecule has 1 unspecified atom stereocenters. The number of ether oxygens (including phenoxy) is 2. The maximum atomic E-state index is 10.3. The van der Waals surface area contributed by atoms with Crippen molar-refractivity contribution in [3.63, 3.8) is 0 Å². The van der Waals surface area contributed by atoms with E-state index in [1.807, 2.05) is 0 Å². The Balaban J connectivity index is 1.93. The normalized spacial score (nSPS) is 20.6. The zero-order valence-corrected chi connectivity index (χ0v) is 8.83. The molecule has 88 valence electrons. The van der Waals surface area contributed by atoms with Crippen LogP contribution in [0.4, 0.5) is 0 Å². The molecule has 6 nitrogen and oxygen atoms in total. The Kier molecular flexibility index (Phi) is 3.40. The van der Waals surface area contributed by atoms with Gasteiger partial charge < -0.3 is 14.6 Å². The lowest BCUT2D eigenvalue weighted by molar-refractivity contribution is -0.139. The average Bonchev–Trinajstić information content (AvgIpc) is 2.76. The van der Waals surface area contributed by atoms with Crippen molar-refractivity contribution in [2.45, 2.75) is 25.5 Å². The largest absolute Gasteiger partial charge is 0.479 e. The van der Waals surface area contributed by atoms with E-state index >= 15 is 0 Å². The fourth-order valence-electron chi connectivity index (χ4n) is 1.63. The molecule has 0 saturated carbocycles. The monoisotopic (exact) mass is 226 g/mol. The van der Waals surface area contributed by atoms with E-state index in [4.69, 9.17) is 14.6 Å². The summed E-state index contributed by atoms with van der Waals surface area (Å²) in [5.74, 6) is -0.543. The average molecular weight is 226 g/mol. The molecule has 16 heavy (non-hydrogen) atoms. The molecule has 1 aromatic rings. The van der Waals surface area contributed by atoms with E-state index in [9.17, 15) is 4.79 Å². The van der Waals surface area contributed by atoms with Gasteiger partial charge in [-0.1, -0.05) is 0 Å². The Morgan fingerprint density at radius 3 is 3.25 bits per heavy atom. The first-order chi connectivity index (χ1) is 7.75. The smallest absolute Gasteiger partial charge is 0.341 e. The highest BCUT2D eigenvalue weighted by atomic mass is 16.5. The molecule has 1 aliphatic rings. The number of rotatable bonds is 4. The molecule has 1 saturated heterocycles. The lowest BCUT2D eigenvalue weighted by atomic mass is 10.2. The first-order valence-corrected chi connectivity index (χ1v) is 5.26. The van der Waals surface area contributed by atoms with Crippen LogP contribution in [0.25, 0.3) is 0 Å². The van der Waals surface area contributed by atoms with Crippen molar-refractivity contribution in [3.8, 4) is 5.75 Å². The lowest BCUT2D eigenvalue weighted by Gasteiger charge is -2.22. The van der Waals surface area contributed by atoms with Crippen molar-refractivity contribution in [1.82, 2.24) is 9.78 Å². The molecular formula is C10H14N2O4. The van der Waals surface area contributed by atoms with Crippen molar-refractivity contribution in [2.75, 3.05) is 13.2 Å². The third-order valence-electron chi connectivity index (χ3n) is 2.39. The summed E-state index contributed by atoms with van der Waals surface area (Å²) in [4.78, 5) is 10.3. The van der Waals surface area contributed by atoms with Gasteiger partial charge in [-0.3, -0.25) is 0 Å². The van der Waals surface area contributed by atoms with Gasteiger partial charge >= 0.3 is 5.97 Å². The standard InChI is InChI=1S/C10H14N2O4/c13-10(14)7-16-8-5-11-12(6-8)9-3-1-2-4-15-9/h5-6,9H,1-4,7H2,(H,13,14). The minimum Gasteiger partial charge on any atom is -0.479 e. The number of aromatic nitrogens is 2. The second-order valence-corrected chi connectivity index (χ2v) is 3.66. The Morgan fingerprint density at radius 2 is 2.56 bits per heavy atom. The molecule has 2 rings (SSSR count). The number of nitrogens with zero attached hydrogens (tertiary/aromatic N) is 2. The Labute approximate surface area is 92.8 Å². The maximum Gasteiger partial charge on any atom is 0.341 e. The quantitative estimate of drug-likeness (QED) is 0.830. The zero-order valence-electron chi connectivity index (χ0n) is 8.83. The van der Waals surface area contributed by atoms with Gasteiger partial charge in [0.15, 0.2) is 12.4 Å². The van der Waals surface area contributed by atoms with Crippen molar-refractivity contribution in [1.29, 1.82) is 0 Å². The maximum absolute atomic E-state index is 10.3. The molecule has 6 heteroatoms. The summed E-state index contributed by atoms with van der Waals surface area (Å²) >= 11 is 0. The topological polar surface area (TPSA) is 73.6 Å². The van der Waals surface area contributed by atoms with Crippen LogP contribution in [-0.2, 0) is 9.53 Å². The number of carbonyl (C=O) groups is 1. The van der Waals surface area contributed by atoms with Gasteiger partial charge in [-0.25, -0.2) is 9.48 Å². The van der Waals surface area contributed by atoms with Crippen LogP contribution in [0, 0.1) is 0 Å². The molecule has 0 radical (unpaired) electrons. The van der Waals surface area contributed by atoms with Crippen LogP contribution >= 0.6 is 0 Å². The first-order valence-electron chi connectivity index (χ1n) is 5.26. The minimum atomic E-state index is -0.998. The molecule has 1 atom stereocenters. The molecule has 1 fully saturated rings. The Hall–Kier alpha value is -1.56. The third-order valence-corrected chi connectivity index (χ3v) is 2.39. The van der Waals surface area contributed by atoms with Crippen LogP contribution in [0.2, 0.25) is 0 Å². The van der Waals surface area contributed by atoms with Crippen LogP contribution < -0.4 is 4.74 Å². The summed E-state index contributed by atoms with van der Waals surface area (Å²) in [6.07, 6.45) is 6.26. The SMILES string of the molecule is O=C(O)COc1cnn(C2CCCCO2)c1. The van der Waals surface area contributed by atoms with Gasteiger partial charge in [-0.15, -0.1) is 0 Å². The molecule has 1 aromatic heterocycles. The second kappa shape index (κ2) is 4.98. The van der Waals surface area contributed by atoms with Gasteiger partial charge in [0.05, 0.1) is 12.4 Å². The number of hydrogen-bond donors (Lipinski definition) is 1. The predicted molar refractivity (Wildman–Crippen MR) is 54.2 cm³/mol. The van der Waals surface area contributed by atoms with E-state index in [1.54, 1.807) is 10.9 Å². The van der Waals surface area contributed by atoms with Crippen LogP contribution in [0.5, 0.6) is 5.75 Å². The van der Waals surface area contributed by atoms with Gasteiger partial charge in [0.25, 0.3) is 0 Å². The summed E-state index contributed by atoms with van der Waals surface area (Å²) in [7, 11) is 0. The van der Waals surface area contributed by atoms with Crippen molar-refractivity contribution >= 4 is 5.97 Å². The first kappa shape index (κ1) is 10.9. The van der Waals surface area contributed by atoms with Crippen LogP contribution in [0.1, 0.15) is 25.5 Å². The fraction of sp³-hybridized carbons (Fsp3) is 0.600.